The SMILES string of the molecule is c1ccc(-c2ccc(-c3nc(-c4ccc5c(c4)C4(c6ccccc6-c6ccccc64)c4ccccc4-5)nc(-c4ccccc4-c4c(-c5ccccc5)nc5ccccn45)n3)cc2)cc1. The molecule has 3 heterocycles. The van der Waals surface area contributed by atoms with Crippen molar-refractivity contribution in [1.29, 1.82) is 0 Å². The molecule has 0 atom stereocenters. The van der Waals surface area contributed by atoms with E-state index in [0.29, 0.717) is 17.5 Å². The van der Waals surface area contributed by atoms with Crippen LogP contribution in [0.15, 0.2) is 225 Å². The molecule has 298 valence electrons. The minimum atomic E-state index is -0.495. The first-order valence-electron chi connectivity index (χ1n) is 21.7. The maximum absolute atomic E-state index is 5.44. The molecule has 0 unspecified atom stereocenters. The fraction of sp³-hybridized carbons (Fsp3) is 0.0169. The van der Waals surface area contributed by atoms with Gasteiger partial charge in [-0.3, -0.25) is 4.40 Å². The molecule has 0 N–H and O–H groups in total. The summed E-state index contributed by atoms with van der Waals surface area (Å²) in [6.45, 7) is 0. The van der Waals surface area contributed by atoms with Crippen molar-refractivity contribution in [3.8, 4) is 90.1 Å². The van der Waals surface area contributed by atoms with Gasteiger partial charge < -0.3 is 0 Å². The number of rotatable bonds is 6. The highest BCUT2D eigenvalue weighted by atomic mass is 15.0. The molecule has 5 heteroatoms. The van der Waals surface area contributed by atoms with Gasteiger partial charge in [0.1, 0.15) is 5.65 Å². The molecule has 0 fully saturated rings. The molecule has 2 aliphatic carbocycles. The van der Waals surface area contributed by atoms with Gasteiger partial charge in [-0.2, -0.15) is 0 Å². The van der Waals surface area contributed by atoms with Crippen LogP contribution in [0.4, 0.5) is 0 Å². The molecule has 64 heavy (non-hydrogen) atoms. The van der Waals surface area contributed by atoms with Gasteiger partial charge in [-0.1, -0.05) is 200 Å². The van der Waals surface area contributed by atoms with E-state index in [1.807, 2.05) is 24.3 Å². The lowest BCUT2D eigenvalue weighted by atomic mass is 9.70. The minimum absolute atomic E-state index is 0.495. The maximum atomic E-state index is 5.44. The maximum Gasteiger partial charge on any atom is 0.164 e. The number of pyridine rings is 1. The first kappa shape index (κ1) is 36.1. The van der Waals surface area contributed by atoms with Crippen molar-refractivity contribution < 1.29 is 0 Å². The quantitative estimate of drug-likeness (QED) is 0.168. The van der Waals surface area contributed by atoms with Crippen molar-refractivity contribution in [3.63, 3.8) is 0 Å². The molecule has 13 rings (SSSR count). The lowest BCUT2D eigenvalue weighted by Crippen LogP contribution is -2.25. The van der Waals surface area contributed by atoms with Crippen molar-refractivity contribution in [2.75, 3.05) is 0 Å². The van der Waals surface area contributed by atoms with Gasteiger partial charge in [0.05, 0.1) is 16.8 Å². The van der Waals surface area contributed by atoms with Gasteiger partial charge in [0.2, 0.25) is 0 Å². The number of hydrogen-bond acceptors (Lipinski definition) is 4. The van der Waals surface area contributed by atoms with Gasteiger partial charge in [-0.05, 0) is 73.8 Å². The molecular formula is C59H37N5. The van der Waals surface area contributed by atoms with Gasteiger partial charge in [0.25, 0.3) is 0 Å². The highest BCUT2D eigenvalue weighted by Gasteiger charge is 2.51. The Balaban J connectivity index is 1.05. The number of benzene rings is 8. The molecule has 8 aromatic carbocycles. The standard InChI is InChI=1S/C59H37N5/c1-3-17-38(18-4-1)39-30-32-41(33-31-39)56-61-57(63-58(62-56)48-25-8-7-24-47(48)55-54(40-19-5-2-6-20-40)60-53-29-15-16-36-64(53)55)42-34-35-46-45-23-11-14-28-51(45)59(52(46)37-42)49-26-12-9-21-43(49)44-22-10-13-27-50(44)59/h1-37H. The number of hydrogen-bond donors (Lipinski definition) is 0. The Morgan fingerprint density at radius 1 is 0.297 bits per heavy atom. The topological polar surface area (TPSA) is 56.0 Å². The van der Waals surface area contributed by atoms with Crippen LogP contribution in [0.25, 0.3) is 95.7 Å². The molecular weight excluding hydrogens is 779 g/mol. The second kappa shape index (κ2) is 14.3. The minimum Gasteiger partial charge on any atom is -0.299 e. The number of imidazole rings is 1. The normalized spacial score (nSPS) is 12.8. The molecule has 3 aromatic heterocycles. The Morgan fingerprint density at radius 2 is 0.750 bits per heavy atom. The van der Waals surface area contributed by atoms with Crippen LogP contribution in [0.5, 0.6) is 0 Å². The summed E-state index contributed by atoms with van der Waals surface area (Å²) < 4.78 is 2.17. The van der Waals surface area contributed by atoms with Crippen molar-refractivity contribution in [2.45, 2.75) is 5.41 Å². The molecule has 5 nitrogen and oxygen atoms in total. The second-order valence-electron chi connectivity index (χ2n) is 16.5. The highest BCUT2D eigenvalue weighted by molar-refractivity contribution is 5.96. The van der Waals surface area contributed by atoms with E-state index < -0.39 is 5.41 Å². The van der Waals surface area contributed by atoms with E-state index in [2.05, 4.69) is 205 Å². The summed E-state index contributed by atoms with van der Waals surface area (Å²) >= 11 is 0. The Hall–Kier alpha value is -8.54. The Morgan fingerprint density at radius 3 is 1.39 bits per heavy atom. The number of aromatic nitrogens is 5. The van der Waals surface area contributed by atoms with Gasteiger partial charge in [0, 0.05) is 34.0 Å². The lowest BCUT2D eigenvalue weighted by Gasteiger charge is -2.30. The zero-order chi connectivity index (χ0) is 42.2. The second-order valence-corrected chi connectivity index (χ2v) is 16.5. The third-order valence-corrected chi connectivity index (χ3v) is 13.1. The summed E-state index contributed by atoms with van der Waals surface area (Å²) in [6.07, 6.45) is 2.08. The smallest absolute Gasteiger partial charge is 0.164 e. The molecule has 2 aliphatic rings. The van der Waals surface area contributed by atoms with Crippen LogP contribution >= 0.6 is 0 Å². The average molecular weight is 816 g/mol. The van der Waals surface area contributed by atoms with Crippen LogP contribution in [0.2, 0.25) is 0 Å². The average Bonchev–Trinajstić information content (AvgIpc) is 4.01. The first-order chi connectivity index (χ1) is 31.7. The highest BCUT2D eigenvalue weighted by Crippen LogP contribution is 2.63. The summed E-state index contributed by atoms with van der Waals surface area (Å²) in [5.74, 6) is 1.80. The molecule has 0 radical (unpaired) electrons. The molecule has 0 bridgehead atoms. The summed E-state index contributed by atoms with van der Waals surface area (Å²) in [4.78, 5) is 21.3. The predicted molar refractivity (Wildman–Crippen MR) is 257 cm³/mol. The zero-order valence-corrected chi connectivity index (χ0v) is 34.6. The van der Waals surface area contributed by atoms with E-state index in [-0.39, 0.29) is 0 Å². The van der Waals surface area contributed by atoms with Gasteiger partial charge >= 0.3 is 0 Å². The third kappa shape index (κ3) is 5.37. The van der Waals surface area contributed by atoms with Crippen LogP contribution in [0, 0.1) is 0 Å². The van der Waals surface area contributed by atoms with Crippen molar-refractivity contribution >= 4 is 5.65 Å². The van der Waals surface area contributed by atoms with Crippen LogP contribution in [-0.2, 0) is 5.41 Å². The zero-order valence-electron chi connectivity index (χ0n) is 34.6. The lowest BCUT2D eigenvalue weighted by molar-refractivity contribution is 0.794. The van der Waals surface area contributed by atoms with E-state index in [4.69, 9.17) is 19.9 Å². The summed E-state index contributed by atoms with van der Waals surface area (Å²) in [5, 5.41) is 0. The van der Waals surface area contributed by atoms with Crippen molar-refractivity contribution in [3.05, 3.63) is 247 Å². The Labute approximate surface area is 370 Å². The van der Waals surface area contributed by atoms with E-state index in [1.54, 1.807) is 0 Å². The molecule has 0 amide bonds. The summed E-state index contributed by atoms with van der Waals surface area (Å²) in [7, 11) is 0. The first-order valence-corrected chi connectivity index (χ1v) is 21.7. The van der Waals surface area contributed by atoms with E-state index in [0.717, 1.165) is 56.0 Å². The van der Waals surface area contributed by atoms with Crippen LogP contribution in [0.3, 0.4) is 0 Å². The van der Waals surface area contributed by atoms with Gasteiger partial charge in [0.15, 0.2) is 17.5 Å². The van der Waals surface area contributed by atoms with Crippen LogP contribution < -0.4 is 0 Å². The van der Waals surface area contributed by atoms with Crippen LogP contribution in [-0.4, -0.2) is 24.3 Å². The van der Waals surface area contributed by atoms with E-state index in [9.17, 15) is 0 Å². The van der Waals surface area contributed by atoms with Crippen molar-refractivity contribution in [1.82, 2.24) is 24.3 Å². The summed E-state index contributed by atoms with van der Waals surface area (Å²) in [6, 6.07) is 77.5. The largest absolute Gasteiger partial charge is 0.299 e. The molecule has 0 saturated heterocycles. The molecule has 11 aromatic rings. The van der Waals surface area contributed by atoms with E-state index >= 15 is 0 Å². The molecule has 1 spiro atoms. The number of fused-ring (bicyclic) bond motifs is 11. The summed E-state index contributed by atoms with van der Waals surface area (Å²) in [5.41, 5.74) is 19.4. The molecule has 0 aliphatic heterocycles. The third-order valence-electron chi connectivity index (χ3n) is 13.1. The van der Waals surface area contributed by atoms with Gasteiger partial charge in [-0.25, -0.2) is 19.9 Å². The fourth-order valence-corrected chi connectivity index (χ4v) is 10.4. The van der Waals surface area contributed by atoms with Crippen molar-refractivity contribution in [2.24, 2.45) is 0 Å². The number of nitrogens with zero attached hydrogens (tertiary/aromatic N) is 5. The Kier molecular flexibility index (Phi) is 8.06. The van der Waals surface area contributed by atoms with E-state index in [1.165, 1.54) is 44.5 Å². The van der Waals surface area contributed by atoms with Crippen LogP contribution in [0.1, 0.15) is 22.3 Å². The monoisotopic (exact) mass is 815 g/mol. The fourth-order valence-electron chi connectivity index (χ4n) is 10.4. The van der Waals surface area contributed by atoms with Gasteiger partial charge in [-0.15, -0.1) is 0 Å². The molecule has 0 saturated carbocycles. The Bertz CT molecular complexity index is 3550. The predicted octanol–water partition coefficient (Wildman–Crippen LogP) is 13.9.